The van der Waals surface area contributed by atoms with Gasteiger partial charge in [0.1, 0.15) is 12.0 Å². The Bertz CT molecular complexity index is 563. The zero-order chi connectivity index (χ0) is 15.4. The molecule has 1 heterocycles. The van der Waals surface area contributed by atoms with Crippen LogP contribution in [0.15, 0.2) is 18.2 Å². The van der Waals surface area contributed by atoms with Crippen molar-refractivity contribution in [1.29, 1.82) is 0 Å². The van der Waals surface area contributed by atoms with Crippen molar-refractivity contribution in [3.63, 3.8) is 0 Å². The molecule has 2 rings (SSSR count). The summed E-state index contributed by atoms with van der Waals surface area (Å²) in [4.78, 5) is 11.9. The zero-order valence-corrected chi connectivity index (χ0v) is 12.4. The summed E-state index contributed by atoms with van der Waals surface area (Å²) in [7, 11) is 0. The smallest absolute Gasteiger partial charge is 0.237 e. The molecule has 2 atom stereocenters. The molecule has 0 saturated carbocycles. The second-order valence-electron chi connectivity index (χ2n) is 4.99. The Kier molecular flexibility index (Phi) is 5.31. The van der Waals surface area contributed by atoms with Crippen LogP contribution < -0.4 is 10.6 Å². The molecule has 1 saturated heterocycles. The van der Waals surface area contributed by atoms with E-state index >= 15 is 0 Å². The minimum absolute atomic E-state index is 0.0117. The monoisotopic (exact) mass is 314 g/mol. The van der Waals surface area contributed by atoms with Crippen molar-refractivity contribution in [1.82, 2.24) is 10.6 Å². The number of nitrogens with one attached hydrogen (secondary N) is 2. The van der Waals surface area contributed by atoms with Gasteiger partial charge in [-0.2, -0.15) is 0 Å². The van der Waals surface area contributed by atoms with Gasteiger partial charge in [0.2, 0.25) is 5.91 Å². The summed E-state index contributed by atoms with van der Waals surface area (Å²) in [5, 5.41) is 5.40. The second-order valence-corrected chi connectivity index (χ2v) is 5.39. The van der Waals surface area contributed by atoms with Crippen LogP contribution in [0.3, 0.4) is 0 Å². The van der Waals surface area contributed by atoms with Crippen molar-refractivity contribution in [3.05, 3.63) is 40.2 Å². The normalized spacial score (nSPS) is 21.9. The van der Waals surface area contributed by atoms with Gasteiger partial charge in [0.05, 0.1) is 11.1 Å². The van der Waals surface area contributed by atoms with Gasteiger partial charge in [0.15, 0.2) is 0 Å². The summed E-state index contributed by atoms with van der Waals surface area (Å²) >= 11 is 5.83. The summed E-state index contributed by atoms with van der Waals surface area (Å²) in [6, 6.07) is 2.59. The van der Waals surface area contributed by atoms with Gasteiger partial charge in [-0.05, 0) is 24.6 Å². The Labute approximate surface area is 127 Å². The number of amides is 1. The fourth-order valence-corrected chi connectivity index (χ4v) is 2.53. The van der Waals surface area contributed by atoms with E-state index in [2.05, 4.69) is 10.6 Å². The van der Waals surface area contributed by atoms with Crippen LogP contribution in [-0.2, 0) is 11.3 Å². The maximum absolute atomic E-state index is 13.9. The standard InChI is InChI=1S/C15H17ClF2N2O/c1-2-3-9-4-10(14(18)12(16)5-9)7-20-15(21)13-6-11(17)8-19-13/h2-5,11,13,19H,6-8H2,1H3,(H,20,21)/t11-,13+/m0/s1. The van der Waals surface area contributed by atoms with Crippen molar-refractivity contribution in [2.24, 2.45) is 0 Å². The highest BCUT2D eigenvalue weighted by Gasteiger charge is 2.29. The third-order valence-electron chi connectivity index (χ3n) is 3.33. The summed E-state index contributed by atoms with van der Waals surface area (Å²) < 4.78 is 27.0. The largest absolute Gasteiger partial charge is 0.351 e. The van der Waals surface area contributed by atoms with Crippen LogP contribution in [0.1, 0.15) is 24.5 Å². The molecule has 114 valence electrons. The number of rotatable bonds is 4. The third kappa shape index (κ3) is 4.02. The molecule has 6 heteroatoms. The van der Waals surface area contributed by atoms with Gasteiger partial charge in [-0.3, -0.25) is 4.79 Å². The third-order valence-corrected chi connectivity index (χ3v) is 3.61. The zero-order valence-electron chi connectivity index (χ0n) is 11.6. The molecular formula is C15H17ClF2N2O. The maximum atomic E-state index is 13.9. The summed E-state index contributed by atoms with van der Waals surface area (Å²) in [6.45, 7) is 2.04. The highest BCUT2D eigenvalue weighted by Crippen LogP contribution is 2.22. The topological polar surface area (TPSA) is 41.1 Å². The van der Waals surface area contributed by atoms with E-state index < -0.39 is 18.0 Å². The van der Waals surface area contributed by atoms with Crippen LogP contribution in [0.25, 0.3) is 6.08 Å². The molecule has 1 aromatic carbocycles. The van der Waals surface area contributed by atoms with Crippen molar-refractivity contribution < 1.29 is 13.6 Å². The lowest BCUT2D eigenvalue weighted by Crippen LogP contribution is -2.40. The highest BCUT2D eigenvalue weighted by molar-refractivity contribution is 6.31. The molecule has 1 aliphatic rings. The van der Waals surface area contributed by atoms with Crippen LogP contribution in [0, 0.1) is 5.82 Å². The van der Waals surface area contributed by atoms with Gasteiger partial charge in [-0.25, -0.2) is 8.78 Å². The minimum atomic E-state index is -1.01. The van der Waals surface area contributed by atoms with Crippen molar-refractivity contribution in [2.75, 3.05) is 6.54 Å². The van der Waals surface area contributed by atoms with Crippen LogP contribution in [0.5, 0.6) is 0 Å². The quantitative estimate of drug-likeness (QED) is 0.897. The van der Waals surface area contributed by atoms with E-state index in [1.54, 1.807) is 12.1 Å². The van der Waals surface area contributed by atoms with E-state index in [-0.39, 0.29) is 30.4 Å². The van der Waals surface area contributed by atoms with Crippen LogP contribution in [-0.4, -0.2) is 24.7 Å². The predicted octanol–water partition coefficient (Wildman–Crippen LogP) is 2.83. The first kappa shape index (κ1) is 15.9. The summed E-state index contributed by atoms with van der Waals surface area (Å²) in [5.41, 5.74) is 1.06. The number of hydrogen-bond acceptors (Lipinski definition) is 2. The first-order valence-corrected chi connectivity index (χ1v) is 7.15. The fourth-order valence-electron chi connectivity index (χ4n) is 2.28. The maximum Gasteiger partial charge on any atom is 0.237 e. The van der Waals surface area contributed by atoms with Crippen LogP contribution >= 0.6 is 11.6 Å². The first-order valence-electron chi connectivity index (χ1n) is 6.77. The Balaban J connectivity index is 2.04. The molecule has 2 N–H and O–H groups in total. The second kappa shape index (κ2) is 7.00. The van der Waals surface area contributed by atoms with Gasteiger partial charge >= 0.3 is 0 Å². The highest BCUT2D eigenvalue weighted by atomic mass is 35.5. The number of carbonyl (C=O) groups is 1. The summed E-state index contributed by atoms with van der Waals surface area (Å²) in [5.74, 6) is -0.880. The molecule has 21 heavy (non-hydrogen) atoms. The Hall–Kier alpha value is -1.46. The average Bonchev–Trinajstić information content (AvgIpc) is 2.88. The molecule has 1 aromatic rings. The number of alkyl halides is 1. The van der Waals surface area contributed by atoms with Crippen molar-refractivity contribution in [2.45, 2.75) is 32.1 Å². The first-order chi connectivity index (χ1) is 10.0. The Morgan fingerprint density at radius 1 is 1.57 bits per heavy atom. The molecule has 3 nitrogen and oxygen atoms in total. The molecule has 0 spiro atoms. The molecular weight excluding hydrogens is 298 g/mol. The van der Waals surface area contributed by atoms with E-state index in [0.717, 1.165) is 5.56 Å². The molecule has 0 aliphatic carbocycles. The van der Waals surface area contributed by atoms with E-state index in [1.165, 1.54) is 6.07 Å². The molecule has 0 unspecified atom stereocenters. The lowest BCUT2D eigenvalue weighted by atomic mass is 10.1. The summed E-state index contributed by atoms with van der Waals surface area (Å²) in [6.07, 6.45) is 2.75. The van der Waals surface area contributed by atoms with Gasteiger partial charge in [-0.1, -0.05) is 23.8 Å². The molecule has 0 bridgehead atoms. The van der Waals surface area contributed by atoms with E-state index in [0.29, 0.717) is 5.56 Å². The van der Waals surface area contributed by atoms with Gasteiger partial charge < -0.3 is 10.6 Å². The lowest BCUT2D eigenvalue weighted by Gasteiger charge is -2.12. The Morgan fingerprint density at radius 3 is 2.95 bits per heavy atom. The molecule has 0 aromatic heterocycles. The van der Waals surface area contributed by atoms with Crippen molar-refractivity contribution in [3.8, 4) is 0 Å². The molecule has 0 radical (unpaired) electrons. The number of allylic oxidation sites excluding steroid dienone is 1. The van der Waals surface area contributed by atoms with Crippen LogP contribution in [0.4, 0.5) is 8.78 Å². The van der Waals surface area contributed by atoms with Crippen molar-refractivity contribution >= 4 is 23.6 Å². The number of hydrogen-bond donors (Lipinski definition) is 2. The fraction of sp³-hybridized carbons (Fsp3) is 0.400. The van der Waals surface area contributed by atoms with Crippen LogP contribution in [0.2, 0.25) is 5.02 Å². The van der Waals surface area contributed by atoms with Gasteiger partial charge in [0, 0.05) is 25.1 Å². The van der Waals surface area contributed by atoms with E-state index in [1.807, 2.05) is 13.0 Å². The Morgan fingerprint density at radius 2 is 2.33 bits per heavy atom. The number of halogens is 3. The van der Waals surface area contributed by atoms with Gasteiger partial charge in [-0.15, -0.1) is 0 Å². The molecule has 1 aliphatic heterocycles. The number of carbonyl (C=O) groups excluding carboxylic acids is 1. The average molecular weight is 315 g/mol. The SMILES string of the molecule is CC=Cc1cc(Cl)c(F)c(CNC(=O)[C@H]2C[C@H](F)CN2)c1. The predicted molar refractivity (Wildman–Crippen MR) is 79.3 cm³/mol. The molecule has 1 fully saturated rings. The van der Waals surface area contributed by atoms with E-state index in [9.17, 15) is 13.6 Å². The minimum Gasteiger partial charge on any atom is -0.351 e. The lowest BCUT2D eigenvalue weighted by molar-refractivity contribution is -0.123. The molecule has 1 amide bonds. The van der Waals surface area contributed by atoms with Gasteiger partial charge in [0.25, 0.3) is 0 Å². The number of benzene rings is 1. The van der Waals surface area contributed by atoms with E-state index in [4.69, 9.17) is 11.6 Å².